The lowest BCUT2D eigenvalue weighted by Crippen LogP contribution is -2.42. The Labute approximate surface area is 165 Å². The third kappa shape index (κ3) is 3.60. The molecule has 1 atom stereocenters. The van der Waals surface area contributed by atoms with Crippen molar-refractivity contribution in [3.8, 4) is 0 Å². The molecule has 1 amide bonds. The number of aromatic nitrogens is 5. The molecular formula is C17H16F5N7O. The topological polar surface area (TPSA) is 106 Å². The van der Waals surface area contributed by atoms with Gasteiger partial charge in [-0.3, -0.25) is 9.89 Å². The lowest BCUT2D eigenvalue weighted by Gasteiger charge is -2.29. The van der Waals surface area contributed by atoms with E-state index in [1.165, 1.54) is 11.0 Å². The second-order valence-corrected chi connectivity index (χ2v) is 7.03. The van der Waals surface area contributed by atoms with Crippen LogP contribution >= 0.6 is 0 Å². The number of halogens is 5. The second-order valence-electron chi connectivity index (χ2n) is 7.03. The highest BCUT2D eigenvalue weighted by atomic mass is 19.4. The quantitative estimate of drug-likeness (QED) is 0.615. The molecule has 0 spiro atoms. The lowest BCUT2D eigenvalue weighted by atomic mass is 10.0. The third-order valence-electron chi connectivity index (χ3n) is 4.96. The van der Waals surface area contributed by atoms with Crippen molar-refractivity contribution in [1.29, 1.82) is 0 Å². The van der Waals surface area contributed by atoms with Gasteiger partial charge in [0.1, 0.15) is 5.52 Å². The third-order valence-corrected chi connectivity index (χ3v) is 4.96. The maximum absolute atomic E-state index is 13.8. The summed E-state index contributed by atoms with van der Waals surface area (Å²) in [5, 5.41) is 13.4. The first-order valence-corrected chi connectivity index (χ1v) is 8.98. The number of H-pyrrole nitrogens is 1. The molecule has 0 unspecified atom stereocenters. The number of amides is 1. The zero-order valence-electron chi connectivity index (χ0n) is 15.4. The first-order chi connectivity index (χ1) is 14.1. The fourth-order valence-corrected chi connectivity index (χ4v) is 3.50. The van der Waals surface area contributed by atoms with Crippen LogP contribution in [0, 0.1) is 11.6 Å². The number of carbonyl (C=O) groups excluding carboxylic acids is 1. The first kappa shape index (κ1) is 20.2. The van der Waals surface area contributed by atoms with Gasteiger partial charge in [0.25, 0.3) is 0 Å². The van der Waals surface area contributed by atoms with E-state index in [2.05, 4.69) is 20.4 Å². The molecule has 0 saturated carbocycles. The van der Waals surface area contributed by atoms with Crippen molar-refractivity contribution in [1.82, 2.24) is 29.9 Å². The van der Waals surface area contributed by atoms with E-state index in [1.807, 2.05) is 0 Å². The maximum atomic E-state index is 13.8. The van der Waals surface area contributed by atoms with Gasteiger partial charge in [0.05, 0.1) is 6.54 Å². The van der Waals surface area contributed by atoms with E-state index in [4.69, 9.17) is 5.73 Å². The van der Waals surface area contributed by atoms with Gasteiger partial charge in [-0.05, 0) is 12.1 Å². The van der Waals surface area contributed by atoms with Crippen molar-refractivity contribution in [2.24, 2.45) is 5.73 Å². The molecule has 0 bridgehead atoms. The smallest absolute Gasteiger partial charge is 0.333 e. The average Bonchev–Trinajstić information content (AvgIpc) is 3.28. The van der Waals surface area contributed by atoms with Gasteiger partial charge in [-0.1, -0.05) is 0 Å². The van der Waals surface area contributed by atoms with E-state index in [-0.39, 0.29) is 49.7 Å². The van der Waals surface area contributed by atoms with E-state index < -0.39 is 29.7 Å². The van der Waals surface area contributed by atoms with E-state index in [1.54, 1.807) is 0 Å². The largest absolute Gasteiger partial charge is 0.451 e. The number of nitrogens with zero attached hydrogens (tertiary/aromatic N) is 5. The molecule has 1 aromatic carbocycles. The molecule has 0 radical (unpaired) electrons. The molecule has 0 aliphatic carbocycles. The van der Waals surface area contributed by atoms with Crippen LogP contribution in [0.15, 0.2) is 12.1 Å². The van der Waals surface area contributed by atoms with Crippen LogP contribution in [-0.4, -0.2) is 48.4 Å². The summed E-state index contributed by atoms with van der Waals surface area (Å²) in [5.74, 6) is -3.49. The van der Waals surface area contributed by atoms with Gasteiger partial charge in [0.15, 0.2) is 17.5 Å². The minimum Gasteiger partial charge on any atom is -0.333 e. The summed E-state index contributed by atoms with van der Waals surface area (Å²) >= 11 is 0. The Morgan fingerprint density at radius 3 is 2.73 bits per heavy atom. The normalized spacial score (nSPS) is 15.5. The van der Waals surface area contributed by atoms with Crippen LogP contribution < -0.4 is 5.73 Å². The fraction of sp³-hybridized carbons (Fsp3) is 0.412. The number of hydrogen-bond donors (Lipinski definition) is 2. The lowest BCUT2D eigenvalue weighted by molar-refractivity contribution is -0.148. The van der Waals surface area contributed by atoms with Gasteiger partial charge in [-0.2, -0.15) is 18.3 Å². The van der Waals surface area contributed by atoms with Crippen molar-refractivity contribution in [2.75, 3.05) is 6.54 Å². The van der Waals surface area contributed by atoms with Crippen LogP contribution in [0.4, 0.5) is 22.0 Å². The Bertz CT molecular complexity index is 1110. The Morgan fingerprint density at radius 1 is 1.23 bits per heavy atom. The Hall–Kier alpha value is -3.09. The highest BCUT2D eigenvalue weighted by Crippen LogP contribution is 2.29. The number of nitrogens with one attached hydrogen (secondary N) is 1. The summed E-state index contributed by atoms with van der Waals surface area (Å²) in [6, 6.07) is 1.68. The van der Waals surface area contributed by atoms with Crippen LogP contribution in [0.5, 0.6) is 0 Å². The molecule has 160 valence electrons. The molecule has 1 aliphatic rings. The van der Waals surface area contributed by atoms with Gasteiger partial charge < -0.3 is 15.2 Å². The fourth-order valence-electron chi connectivity index (χ4n) is 3.50. The van der Waals surface area contributed by atoms with Crippen molar-refractivity contribution >= 4 is 16.8 Å². The Kier molecular flexibility index (Phi) is 4.92. The van der Waals surface area contributed by atoms with Crippen molar-refractivity contribution in [3.05, 3.63) is 41.1 Å². The van der Waals surface area contributed by atoms with E-state index in [0.717, 1.165) is 10.6 Å². The monoisotopic (exact) mass is 429 g/mol. The molecular weight excluding hydrogens is 413 g/mol. The number of nitrogens with two attached hydrogens (primary N) is 1. The van der Waals surface area contributed by atoms with E-state index in [9.17, 15) is 26.7 Å². The minimum absolute atomic E-state index is 0.0487. The molecule has 1 aliphatic heterocycles. The van der Waals surface area contributed by atoms with Gasteiger partial charge in [-0.25, -0.2) is 8.78 Å². The summed E-state index contributed by atoms with van der Waals surface area (Å²) < 4.78 is 66.7. The molecule has 3 heterocycles. The van der Waals surface area contributed by atoms with Gasteiger partial charge in [-0.15, -0.1) is 10.2 Å². The summed E-state index contributed by atoms with van der Waals surface area (Å²) in [4.78, 5) is 13.9. The molecule has 3 N–H and O–H groups in total. The minimum atomic E-state index is -4.62. The first-order valence-electron chi connectivity index (χ1n) is 8.98. The summed E-state index contributed by atoms with van der Waals surface area (Å²) in [5.41, 5.74) is 6.34. The number of aromatic amines is 1. The van der Waals surface area contributed by atoms with Crippen LogP contribution in [-0.2, 0) is 30.5 Å². The summed E-state index contributed by atoms with van der Waals surface area (Å²) in [7, 11) is 0. The van der Waals surface area contributed by atoms with Gasteiger partial charge in [0.2, 0.25) is 11.7 Å². The molecule has 3 aromatic rings. The number of carbonyl (C=O) groups is 1. The van der Waals surface area contributed by atoms with Gasteiger partial charge in [0, 0.05) is 43.1 Å². The second kappa shape index (κ2) is 7.31. The predicted octanol–water partition coefficient (Wildman–Crippen LogP) is 1.75. The van der Waals surface area contributed by atoms with Crippen LogP contribution in [0.2, 0.25) is 0 Å². The zero-order chi connectivity index (χ0) is 21.6. The van der Waals surface area contributed by atoms with Crippen LogP contribution in [0.1, 0.15) is 23.8 Å². The van der Waals surface area contributed by atoms with E-state index >= 15 is 0 Å². The molecule has 13 heteroatoms. The van der Waals surface area contributed by atoms with Crippen molar-refractivity contribution < 1.29 is 26.7 Å². The molecule has 2 aromatic heterocycles. The highest BCUT2D eigenvalue weighted by Gasteiger charge is 2.40. The van der Waals surface area contributed by atoms with Crippen LogP contribution in [0.25, 0.3) is 10.9 Å². The molecule has 0 saturated heterocycles. The number of hydrogen-bond acceptors (Lipinski definition) is 5. The van der Waals surface area contributed by atoms with E-state index in [0.29, 0.717) is 11.1 Å². The van der Waals surface area contributed by atoms with Crippen LogP contribution in [0.3, 0.4) is 0 Å². The highest BCUT2D eigenvalue weighted by molar-refractivity contribution is 5.82. The molecule has 0 fully saturated rings. The molecule has 8 nitrogen and oxygen atoms in total. The zero-order valence-corrected chi connectivity index (χ0v) is 15.4. The van der Waals surface area contributed by atoms with Crippen molar-refractivity contribution in [2.45, 2.75) is 38.1 Å². The average molecular weight is 429 g/mol. The number of fused-ring (bicyclic) bond motifs is 2. The standard InChI is InChI=1S/C17H16F5N7O/c18-10-2-1-9-11(24-26-15(9)14(10)19)5-8(23)6-13(30)28-3-4-29-12(7-28)25-27-16(29)17(20,21)22/h1-2,8H,3-7,23H2,(H,24,26)/t8-/m0/s1. The number of rotatable bonds is 4. The van der Waals surface area contributed by atoms with Gasteiger partial charge >= 0.3 is 6.18 Å². The Morgan fingerprint density at radius 2 is 2.00 bits per heavy atom. The predicted molar refractivity (Wildman–Crippen MR) is 92.7 cm³/mol. The number of alkyl halides is 3. The summed E-state index contributed by atoms with van der Waals surface area (Å²) in [6.45, 7) is -0.114. The maximum Gasteiger partial charge on any atom is 0.451 e. The Balaban J connectivity index is 1.41. The van der Waals surface area contributed by atoms with Crippen molar-refractivity contribution in [3.63, 3.8) is 0 Å². The molecule has 4 rings (SSSR count). The summed E-state index contributed by atoms with van der Waals surface area (Å²) in [6.07, 6.45) is -4.56. The number of benzene rings is 1. The SMILES string of the molecule is N[C@H](CC(=O)N1CCn2c(nnc2C(F)(F)F)C1)Cc1[nH]nc2c(F)c(F)ccc12. The molecule has 30 heavy (non-hydrogen) atoms.